The Morgan fingerprint density at radius 3 is 2.66 bits per heavy atom. The summed E-state index contributed by atoms with van der Waals surface area (Å²) in [6.07, 6.45) is 3.75. The van der Waals surface area contributed by atoms with Gasteiger partial charge in [-0.3, -0.25) is 0 Å². The quantitative estimate of drug-likeness (QED) is 0.670. The molecule has 0 radical (unpaired) electrons. The van der Waals surface area contributed by atoms with Crippen LogP contribution < -0.4 is 20.1 Å². The molecule has 2 N–H and O–H groups in total. The molecule has 1 aliphatic carbocycles. The zero-order valence-electron chi connectivity index (χ0n) is 18.6. The summed E-state index contributed by atoms with van der Waals surface area (Å²) in [6.45, 7) is 1.01. The number of benzene rings is 2. The Morgan fingerprint density at radius 2 is 1.94 bits per heavy atom. The maximum Gasteiger partial charge on any atom is 0.319 e. The number of anilines is 1. The van der Waals surface area contributed by atoms with Crippen molar-refractivity contribution in [2.45, 2.75) is 43.2 Å². The summed E-state index contributed by atoms with van der Waals surface area (Å²) in [6, 6.07) is 10.4. The fraction of sp³-hybridized carbons (Fsp3) is 0.458. The molecule has 1 saturated carbocycles. The van der Waals surface area contributed by atoms with Crippen LogP contribution in [0.2, 0.25) is 5.02 Å². The molecular weight excluding hydrogens is 433 g/mol. The summed E-state index contributed by atoms with van der Waals surface area (Å²) in [5.41, 5.74) is 1.74. The van der Waals surface area contributed by atoms with Gasteiger partial charge in [0.25, 0.3) is 0 Å². The van der Waals surface area contributed by atoms with E-state index in [9.17, 15) is 9.18 Å². The standard InChI is InChI=1S/C24H29ClFN3O3/c1-29-11-10-24(15-4-7-20(31-2)21(12-15)32-3)9-8-17(14-22(24)29)28-23(30)27-16-5-6-19(26)18(25)13-16/h4-7,12-13,17,22H,8-11,14H2,1-3H3,(H2,27,28,30)/t17-,22+,24+/m1/s1. The van der Waals surface area contributed by atoms with Gasteiger partial charge in [-0.25, -0.2) is 9.18 Å². The minimum Gasteiger partial charge on any atom is -0.493 e. The lowest BCUT2D eigenvalue weighted by atomic mass is 9.65. The second kappa shape index (κ2) is 9.16. The van der Waals surface area contributed by atoms with E-state index in [1.807, 2.05) is 6.07 Å². The lowest BCUT2D eigenvalue weighted by Gasteiger charge is -2.45. The van der Waals surface area contributed by atoms with Crippen molar-refractivity contribution in [3.63, 3.8) is 0 Å². The van der Waals surface area contributed by atoms with E-state index < -0.39 is 5.82 Å². The second-order valence-corrected chi connectivity index (χ2v) is 9.08. The molecule has 0 bridgehead atoms. The first-order valence-corrected chi connectivity index (χ1v) is 11.2. The highest BCUT2D eigenvalue weighted by Crippen LogP contribution is 2.49. The van der Waals surface area contributed by atoms with Crippen LogP contribution in [0, 0.1) is 5.82 Å². The molecule has 2 aliphatic rings. The van der Waals surface area contributed by atoms with Gasteiger partial charge in [-0.05, 0) is 75.2 Å². The number of ether oxygens (including phenoxy) is 2. The van der Waals surface area contributed by atoms with Gasteiger partial charge in [-0.15, -0.1) is 0 Å². The maximum atomic E-state index is 13.4. The number of likely N-dealkylation sites (tertiary alicyclic amines) is 1. The molecule has 2 fully saturated rings. The number of methoxy groups -OCH3 is 2. The number of hydrogen-bond acceptors (Lipinski definition) is 4. The molecule has 172 valence electrons. The van der Waals surface area contributed by atoms with Crippen LogP contribution in [0.1, 0.15) is 31.2 Å². The number of hydrogen-bond donors (Lipinski definition) is 2. The van der Waals surface area contributed by atoms with Gasteiger partial charge in [0.2, 0.25) is 0 Å². The summed E-state index contributed by atoms with van der Waals surface area (Å²) in [5.74, 6) is 0.953. The number of likely N-dealkylation sites (N-methyl/N-ethyl adjacent to an activating group) is 1. The first-order valence-electron chi connectivity index (χ1n) is 10.8. The molecule has 0 spiro atoms. The van der Waals surface area contributed by atoms with Gasteiger partial charge in [0, 0.05) is 23.2 Å². The normalized spacial score (nSPS) is 25.2. The number of nitrogens with one attached hydrogen (secondary N) is 2. The number of urea groups is 1. The fourth-order valence-corrected chi connectivity index (χ4v) is 5.50. The number of amides is 2. The molecule has 3 atom stereocenters. The van der Waals surface area contributed by atoms with Crippen molar-refractivity contribution in [1.29, 1.82) is 0 Å². The van der Waals surface area contributed by atoms with Crippen molar-refractivity contribution in [3.8, 4) is 11.5 Å². The molecule has 2 aromatic carbocycles. The van der Waals surface area contributed by atoms with Crippen molar-refractivity contribution < 1.29 is 18.7 Å². The molecule has 0 aromatic heterocycles. The molecule has 32 heavy (non-hydrogen) atoms. The van der Waals surface area contributed by atoms with Gasteiger partial charge in [-0.1, -0.05) is 17.7 Å². The molecule has 2 aromatic rings. The molecule has 1 heterocycles. The van der Waals surface area contributed by atoms with Crippen LogP contribution in [0.25, 0.3) is 0 Å². The van der Waals surface area contributed by atoms with E-state index >= 15 is 0 Å². The first kappa shape index (κ1) is 22.7. The van der Waals surface area contributed by atoms with E-state index in [-0.39, 0.29) is 22.5 Å². The van der Waals surface area contributed by atoms with E-state index in [1.165, 1.54) is 23.8 Å². The SMILES string of the molecule is COc1ccc([C@@]23CC[C@@H](NC(=O)Nc4ccc(F)c(Cl)c4)C[C@@H]2N(C)CC3)cc1OC. The van der Waals surface area contributed by atoms with Crippen LogP contribution in [0.15, 0.2) is 36.4 Å². The van der Waals surface area contributed by atoms with Crippen molar-refractivity contribution in [1.82, 2.24) is 10.2 Å². The molecule has 2 amide bonds. The fourth-order valence-electron chi connectivity index (χ4n) is 5.32. The van der Waals surface area contributed by atoms with Crippen LogP contribution in [0.4, 0.5) is 14.9 Å². The third-order valence-corrected chi connectivity index (χ3v) is 7.29. The van der Waals surface area contributed by atoms with Crippen LogP contribution in [0.5, 0.6) is 11.5 Å². The van der Waals surface area contributed by atoms with Crippen molar-refractivity contribution in [3.05, 3.63) is 52.8 Å². The molecule has 1 saturated heterocycles. The Balaban J connectivity index is 1.47. The molecule has 8 heteroatoms. The lowest BCUT2D eigenvalue weighted by Crippen LogP contribution is -2.52. The highest BCUT2D eigenvalue weighted by Gasteiger charge is 2.50. The first-order chi connectivity index (χ1) is 15.4. The van der Waals surface area contributed by atoms with Crippen molar-refractivity contribution in [2.24, 2.45) is 0 Å². The minimum absolute atomic E-state index is 0.0206. The average Bonchev–Trinajstić information content (AvgIpc) is 3.13. The number of carbonyl (C=O) groups excluding carboxylic acids is 1. The molecule has 0 unspecified atom stereocenters. The summed E-state index contributed by atoms with van der Waals surface area (Å²) in [7, 11) is 5.45. The van der Waals surface area contributed by atoms with E-state index in [2.05, 4.69) is 34.7 Å². The van der Waals surface area contributed by atoms with Crippen LogP contribution in [0.3, 0.4) is 0 Å². The summed E-state index contributed by atoms with van der Waals surface area (Å²) in [5, 5.41) is 5.82. The summed E-state index contributed by atoms with van der Waals surface area (Å²) in [4.78, 5) is 14.9. The predicted octanol–water partition coefficient (Wildman–Crippen LogP) is 4.81. The van der Waals surface area contributed by atoms with E-state index in [1.54, 1.807) is 14.2 Å². The maximum absolute atomic E-state index is 13.4. The van der Waals surface area contributed by atoms with Gasteiger partial charge in [0.15, 0.2) is 11.5 Å². The lowest BCUT2D eigenvalue weighted by molar-refractivity contribution is 0.156. The van der Waals surface area contributed by atoms with E-state index in [0.29, 0.717) is 11.7 Å². The third-order valence-electron chi connectivity index (χ3n) is 7.00. The van der Waals surface area contributed by atoms with Gasteiger partial charge in [0.05, 0.1) is 19.2 Å². The van der Waals surface area contributed by atoms with Crippen LogP contribution in [-0.4, -0.2) is 50.8 Å². The van der Waals surface area contributed by atoms with Gasteiger partial charge in [0.1, 0.15) is 5.82 Å². The van der Waals surface area contributed by atoms with E-state index in [0.717, 1.165) is 43.7 Å². The molecule has 1 aliphatic heterocycles. The van der Waals surface area contributed by atoms with Crippen LogP contribution >= 0.6 is 11.6 Å². The molecule has 4 rings (SSSR count). The molecular formula is C24H29ClFN3O3. The number of halogens is 2. The zero-order chi connectivity index (χ0) is 22.9. The monoisotopic (exact) mass is 461 g/mol. The second-order valence-electron chi connectivity index (χ2n) is 8.67. The Bertz CT molecular complexity index is 1000. The highest BCUT2D eigenvalue weighted by atomic mass is 35.5. The topological polar surface area (TPSA) is 62.8 Å². The van der Waals surface area contributed by atoms with Gasteiger partial charge < -0.3 is 25.0 Å². The molecule has 6 nitrogen and oxygen atoms in total. The third kappa shape index (κ3) is 4.24. The van der Waals surface area contributed by atoms with Gasteiger partial charge in [-0.2, -0.15) is 0 Å². The number of nitrogens with zero attached hydrogens (tertiary/aromatic N) is 1. The summed E-state index contributed by atoms with van der Waals surface area (Å²) < 4.78 is 24.3. The number of carbonyl (C=O) groups is 1. The minimum atomic E-state index is -0.513. The van der Waals surface area contributed by atoms with Crippen LogP contribution in [-0.2, 0) is 5.41 Å². The smallest absolute Gasteiger partial charge is 0.319 e. The highest BCUT2D eigenvalue weighted by molar-refractivity contribution is 6.31. The van der Waals surface area contributed by atoms with Gasteiger partial charge >= 0.3 is 6.03 Å². The van der Waals surface area contributed by atoms with E-state index in [4.69, 9.17) is 21.1 Å². The Morgan fingerprint density at radius 1 is 1.16 bits per heavy atom. The Kier molecular flexibility index (Phi) is 6.49. The number of rotatable bonds is 5. The Labute approximate surface area is 193 Å². The van der Waals surface area contributed by atoms with Crippen molar-refractivity contribution in [2.75, 3.05) is 33.1 Å². The van der Waals surface area contributed by atoms with Crippen molar-refractivity contribution >= 4 is 23.3 Å². The number of fused-ring (bicyclic) bond motifs is 1. The largest absolute Gasteiger partial charge is 0.493 e. The predicted molar refractivity (Wildman–Crippen MR) is 123 cm³/mol. The average molecular weight is 462 g/mol. The summed E-state index contributed by atoms with van der Waals surface area (Å²) >= 11 is 5.81. The zero-order valence-corrected chi connectivity index (χ0v) is 19.3. The Hall–Kier alpha value is -2.51.